The minimum absolute atomic E-state index is 0.0136. The standard InChI is InChI=1S/C10H7NO7.C8H5NO6/c1-4(12)18-7-2-5-6(3-17-10(5)14)8(9(7)13)11(15)16;10-5-1-3-4(2-15-8(3)12)6(7(5)11)9(13)14/h2,13H,3H2,1H3;1,10-11H,2H2. The van der Waals surface area contributed by atoms with E-state index in [-0.39, 0.29) is 35.5 Å². The van der Waals surface area contributed by atoms with Crippen molar-refractivity contribution in [3.05, 3.63) is 54.6 Å². The summed E-state index contributed by atoms with van der Waals surface area (Å²) in [5.41, 5.74) is -1.59. The van der Waals surface area contributed by atoms with Crippen molar-refractivity contribution in [3.8, 4) is 23.0 Å². The van der Waals surface area contributed by atoms with Crippen LogP contribution >= 0.6 is 0 Å². The summed E-state index contributed by atoms with van der Waals surface area (Å²) in [7, 11) is 0. The number of esters is 3. The summed E-state index contributed by atoms with van der Waals surface area (Å²) in [6.45, 7) is 0.507. The Morgan fingerprint density at radius 1 is 0.909 bits per heavy atom. The van der Waals surface area contributed by atoms with E-state index in [0.717, 1.165) is 19.1 Å². The number of aromatic hydroxyl groups is 3. The molecule has 0 aliphatic carbocycles. The SMILES string of the molecule is CC(=O)Oc1cc2c(c([N+](=O)[O-])c1O)COC2=O.O=C1OCc2c1cc(O)c(O)c2[N+](=O)[O-]. The number of phenolic OH excluding ortho intramolecular Hbond substituents is 3. The number of cyclic esters (lactones) is 2. The highest BCUT2D eigenvalue weighted by atomic mass is 16.6. The topological polar surface area (TPSA) is 226 Å². The van der Waals surface area contributed by atoms with Crippen molar-refractivity contribution in [2.45, 2.75) is 20.1 Å². The lowest BCUT2D eigenvalue weighted by Crippen LogP contribution is -2.05. The summed E-state index contributed by atoms with van der Waals surface area (Å²) in [4.78, 5) is 52.9. The van der Waals surface area contributed by atoms with Crippen LogP contribution in [0.25, 0.3) is 0 Å². The maximum atomic E-state index is 11.3. The fraction of sp³-hybridized carbons (Fsp3) is 0.167. The van der Waals surface area contributed by atoms with Crippen LogP contribution in [0.15, 0.2) is 12.1 Å². The van der Waals surface area contributed by atoms with Gasteiger partial charge in [-0.2, -0.15) is 0 Å². The molecule has 0 spiro atoms. The molecular formula is C18H12N2O13. The van der Waals surface area contributed by atoms with Gasteiger partial charge in [0.1, 0.15) is 13.2 Å². The van der Waals surface area contributed by atoms with E-state index in [4.69, 9.17) is 5.11 Å². The molecule has 15 heteroatoms. The molecular weight excluding hydrogens is 452 g/mol. The largest absolute Gasteiger partial charge is 0.504 e. The number of hydrogen-bond donors (Lipinski definition) is 3. The molecule has 0 saturated carbocycles. The van der Waals surface area contributed by atoms with Gasteiger partial charge >= 0.3 is 29.3 Å². The van der Waals surface area contributed by atoms with Crippen molar-refractivity contribution in [2.24, 2.45) is 0 Å². The molecule has 172 valence electrons. The van der Waals surface area contributed by atoms with E-state index >= 15 is 0 Å². The second kappa shape index (κ2) is 8.29. The Bertz CT molecular complexity index is 1250. The number of nitrogens with zero attached hydrogens (tertiary/aromatic N) is 2. The van der Waals surface area contributed by atoms with Gasteiger partial charge in [0.15, 0.2) is 11.5 Å². The zero-order chi connectivity index (χ0) is 24.6. The van der Waals surface area contributed by atoms with Gasteiger partial charge in [-0.15, -0.1) is 0 Å². The van der Waals surface area contributed by atoms with Crippen molar-refractivity contribution in [1.82, 2.24) is 0 Å². The van der Waals surface area contributed by atoms with Crippen LogP contribution in [0.4, 0.5) is 11.4 Å². The normalized spacial score (nSPS) is 13.1. The zero-order valence-corrected chi connectivity index (χ0v) is 16.4. The van der Waals surface area contributed by atoms with Crippen molar-refractivity contribution in [3.63, 3.8) is 0 Å². The maximum Gasteiger partial charge on any atom is 0.339 e. The third-order valence-electron chi connectivity index (χ3n) is 4.46. The molecule has 0 saturated heterocycles. The quantitative estimate of drug-likeness (QED) is 0.193. The van der Waals surface area contributed by atoms with Crippen LogP contribution in [-0.4, -0.2) is 43.1 Å². The number of carbonyl (C=O) groups excluding carboxylic acids is 3. The van der Waals surface area contributed by atoms with Gasteiger partial charge in [0.2, 0.25) is 11.5 Å². The molecule has 0 unspecified atom stereocenters. The molecule has 2 aliphatic heterocycles. The van der Waals surface area contributed by atoms with E-state index in [2.05, 4.69) is 14.2 Å². The molecule has 2 aliphatic rings. The summed E-state index contributed by atoms with van der Waals surface area (Å²) in [5, 5.41) is 49.6. The lowest BCUT2D eigenvalue weighted by Gasteiger charge is -2.06. The molecule has 0 radical (unpaired) electrons. The first-order chi connectivity index (χ1) is 15.4. The van der Waals surface area contributed by atoms with Crippen LogP contribution in [0, 0.1) is 20.2 Å². The van der Waals surface area contributed by atoms with Crippen LogP contribution in [0.1, 0.15) is 38.8 Å². The van der Waals surface area contributed by atoms with Gasteiger partial charge in [-0.25, -0.2) is 9.59 Å². The van der Waals surface area contributed by atoms with Gasteiger partial charge < -0.3 is 29.5 Å². The highest BCUT2D eigenvalue weighted by molar-refractivity contribution is 5.97. The van der Waals surface area contributed by atoms with Gasteiger partial charge in [0, 0.05) is 13.0 Å². The van der Waals surface area contributed by atoms with Crippen molar-refractivity contribution in [1.29, 1.82) is 0 Å². The van der Waals surface area contributed by atoms with Crippen LogP contribution in [0.3, 0.4) is 0 Å². The minimum atomic E-state index is -0.865. The Balaban J connectivity index is 0.000000189. The monoisotopic (exact) mass is 464 g/mol. The number of hydrogen-bond acceptors (Lipinski definition) is 13. The van der Waals surface area contributed by atoms with E-state index < -0.39 is 62.1 Å². The number of phenols is 3. The van der Waals surface area contributed by atoms with E-state index in [0.29, 0.717) is 0 Å². The Morgan fingerprint density at radius 3 is 1.82 bits per heavy atom. The predicted octanol–water partition coefficient (Wildman–Crippen LogP) is 1.57. The maximum absolute atomic E-state index is 11.3. The second-order valence-electron chi connectivity index (χ2n) is 6.48. The van der Waals surface area contributed by atoms with Gasteiger partial charge in [0.05, 0.1) is 32.1 Å². The van der Waals surface area contributed by atoms with E-state index in [1.54, 1.807) is 0 Å². The summed E-state index contributed by atoms with van der Waals surface area (Å²) in [6, 6.07) is 2.00. The molecule has 0 amide bonds. The highest BCUT2D eigenvalue weighted by Gasteiger charge is 2.36. The van der Waals surface area contributed by atoms with E-state index in [1.165, 1.54) is 0 Å². The smallest absolute Gasteiger partial charge is 0.339 e. The summed E-state index contributed by atoms with van der Waals surface area (Å²) in [6.07, 6.45) is 0. The van der Waals surface area contributed by atoms with Crippen molar-refractivity contribution >= 4 is 29.3 Å². The average Bonchev–Trinajstić information content (AvgIpc) is 3.25. The Hall–Kier alpha value is -4.95. The summed E-state index contributed by atoms with van der Waals surface area (Å²) >= 11 is 0. The first kappa shape index (κ1) is 22.7. The highest BCUT2D eigenvalue weighted by Crippen LogP contribution is 2.44. The van der Waals surface area contributed by atoms with Crippen molar-refractivity contribution in [2.75, 3.05) is 0 Å². The van der Waals surface area contributed by atoms with Crippen LogP contribution < -0.4 is 4.74 Å². The zero-order valence-electron chi connectivity index (χ0n) is 16.4. The van der Waals surface area contributed by atoms with E-state index in [1.807, 2.05) is 0 Å². The lowest BCUT2D eigenvalue weighted by molar-refractivity contribution is -0.386. The fourth-order valence-electron chi connectivity index (χ4n) is 3.07. The van der Waals surface area contributed by atoms with Crippen LogP contribution in [-0.2, 0) is 27.5 Å². The molecule has 0 atom stereocenters. The summed E-state index contributed by atoms with van der Waals surface area (Å²) < 4.78 is 13.8. The Kier molecular flexibility index (Phi) is 5.71. The van der Waals surface area contributed by atoms with Gasteiger partial charge in [-0.1, -0.05) is 0 Å². The third kappa shape index (κ3) is 4.01. The molecule has 3 N–H and O–H groups in total. The van der Waals surface area contributed by atoms with Gasteiger partial charge in [-0.05, 0) is 6.07 Å². The molecule has 15 nitrogen and oxygen atoms in total. The molecule has 2 heterocycles. The van der Waals surface area contributed by atoms with Crippen molar-refractivity contribution < 1.29 is 53.8 Å². The number of ether oxygens (including phenoxy) is 3. The number of nitro benzene ring substituents is 2. The Labute approximate surface area is 181 Å². The van der Waals surface area contributed by atoms with Crippen LogP contribution in [0.2, 0.25) is 0 Å². The summed E-state index contributed by atoms with van der Waals surface area (Å²) in [5.74, 6) is -5.08. The molecule has 2 aromatic rings. The Morgan fingerprint density at radius 2 is 1.36 bits per heavy atom. The van der Waals surface area contributed by atoms with E-state index in [9.17, 15) is 44.8 Å². The fourth-order valence-corrected chi connectivity index (χ4v) is 3.07. The van der Waals surface area contributed by atoms with Crippen LogP contribution in [0.5, 0.6) is 23.0 Å². The number of fused-ring (bicyclic) bond motifs is 2. The number of rotatable bonds is 3. The number of carbonyl (C=O) groups is 3. The first-order valence-corrected chi connectivity index (χ1v) is 8.72. The van der Waals surface area contributed by atoms with Gasteiger partial charge in [-0.3, -0.25) is 25.0 Å². The third-order valence-corrected chi connectivity index (χ3v) is 4.46. The van der Waals surface area contributed by atoms with Gasteiger partial charge in [0.25, 0.3) is 0 Å². The number of nitro groups is 2. The lowest BCUT2D eigenvalue weighted by atomic mass is 10.1. The number of benzene rings is 2. The average molecular weight is 464 g/mol. The second-order valence-corrected chi connectivity index (χ2v) is 6.48. The molecule has 2 aromatic carbocycles. The predicted molar refractivity (Wildman–Crippen MR) is 101 cm³/mol. The molecule has 4 rings (SSSR count). The molecule has 0 fully saturated rings. The molecule has 33 heavy (non-hydrogen) atoms. The molecule has 0 bridgehead atoms. The molecule has 0 aromatic heterocycles. The minimum Gasteiger partial charge on any atom is -0.504 e. The first-order valence-electron chi connectivity index (χ1n) is 8.72.